The Labute approximate surface area is 149 Å². The molecular formula is C20H18F2N2O2. The number of halogens is 2. The molecule has 3 rings (SSSR count). The lowest BCUT2D eigenvalue weighted by molar-refractivity contribution is -0.121. The van der Waals surface area contributed by atoms with Gasteiger partial charge in [-0.05, 0) is 36.2 Å². The van der Waals surface area contributed by atoms with Crippen LogP contribution in [0.4, 0.5) is 8.78 Å². The van der Waals surface area contributed by atoms with Crippen LogP contribution >= 0.6 is 0 Å². The van der Waals surface area contributed by atoms with E-state index in [1.165, 1.54) is 24.4 Å². The van der Waals surface area contributed by atoms with Gasteiger partial charge < -0.3 is 9.73 Å². The van der Waals surface area contributed by atoms with Crippen molar-refractivity contribution in [3.05, 3.63) is 77.8 Å². The van der Waals surface area contributed by atoms with Crippen LogP contribution in [0.15, 0.2) is 59.1 Å². The number of amides is 1. The van der Waals surface area contributed by atoms with Crippen molar-refractivity contribution in [2.45, 2.75) is 19.3 Å². The second-order valence-corrected chi connectivity index (χ2v) is 5.82. The van der Waals surface area contributed by atoms with Gasteiger partial charge in [0.15, 0.2) is 11.7 Å². The van der Waals surface area contributed by atoms with E-state index in [0.29, 0.717) is 36.6 Å². The van der Waals surface area contributed by atoms with Gasteiger partial charge in [0.25, 0.3) is 0 Å². The molecule has 2 aromatic carbocycles. The molecule has 0 spiro atoms. The molecular weight excluding hydrogens is 338 g/mol. The van der Waals surface area contributed by atoms with Crippen LogP contribution in [0.5, 0.6) is 0 Å². The molecule has 134 valence electrons. The van der Waals surface area contributed by atoms with E-state index < -0.39 is 0 Å². The predicted octanol–water partition coefficient (Wildman–Crippen LogP) is 3.91. The number of rotatable bonds is 7. The van der Waals surface area contributed by atoms with Gasteiger partial charge >= 0.3 is 0 Å². The molecule has 26 heavy (non-hydrogen) atoms. The lowest BCUT2D eigenvalue weighted by Gasteiger charge is -2.04. The summed E-state index contributed by atoms with van der Waals surface area (Å²) >= 11 is 0. The van der Waals surface area contributed by atoms with Gasteiger partial charge in [-0.15, -0.1) is 0 Å². The van der Waals surface area contributed by atoms with E-state index in [-0.39, 0.29) is 24.0 Å². The maximum atomic E-state index is 13.7. The van der Waals surface area contributed by atoms with Gasteiger partial charge in [0.1, 0.15) is 11.6 Å². The number of nitrogens with one attached hydrogen (secondary N) is 1. The molecule has 6 heteroatoms. The van der Waals surface area contributed by atoms with Crippen molar-refractivity contribution in [2.75, 3.05) is 6.54 Å². The molecule has 0 radical (unpaired) electrons. The average molecular weight is 356 g/mol. The highest BCUT2D eigenvalue weighted by Crippen LogP contribution is 2.23. The van der Waals surface area contributed by atoms with Gasteiger partial charge in [0, 0.05) is 19.4 Å². The van der Waals surface area contributed by atoms with Crippen molar-refractivity contribution in [3.8, 4) is 11.3 Å². The first-order valence-corrected chi connectivity index (χ1v) is 8.32. The van der Waals surface area contributed by atoms with Crippen LogP contribution in [-0.2, 0) is 17.6 Å². The second-order valence-electron chi connectivity index (χ2n) is 5.82. The Morgan fingerprint density at radius 1 is 1.04 bits per heavy atom. The Hall–Kier alpha value is -3.02. The van der Waals surface area contributed by atoms with Crippen LogP contribution in [0.2, 0.25) is 0 Å². The first kappa shape index (κ1) is 17.8. The maximum absolute atomic E-state index is 13.7. The van der Waals surface area contributed by atoms with Crippen LogP contribution in [0.3, 0.4) is 0 Å². The third kappa shape index (κ3) is 4.75. The lowest BCUT2D eigenvalue weighted by Crippen LogP contribution is -2.25. The van der Waals surface area contributed by atoms with Crippen LogP contribution in [0, 0.1) is 11.6 Å². The van der Waals surface area contributed by atoms with Crippen molar-refractivity contribution in [1.82, 2.24) is 10.3 Å². The fourth-order valence-electron chi connectivity index (χ4n) is 2.52. The first-order chi connectivity index (χ1) is 12.6. The number of carbonyl (C=O) groups excluding carboxylic acids is 1. The molecule has 3 aromatic rings. The Kier molecular flexibility index (Phi) is 5.73. The number of oxazole rings is 1. The Morgan fingerprint density at radius 3 is 2.58 bits per heavy atom. The number of hydrogen-bond acceptors (Lipinski definition) is 3. The number of benzene rings is 2. The minimum Gasteiger partial charge on any atom is -0.441 e. The molecule has 0 aliphatic carbocycles. The van der Waals surface area contributed by atoms with Crippen molar-refractivity contribution in [1.29, 1.82) is 0 Å². The minimum atomic E-state index is -0.381. The molecule has 0 bridgehead atoms. The summed E-state index contributed by atoms with van der Waals surface area (Å²) in [7, 11) is 0. The van der Waals surface area contributed by atoms with Crippen LogP contribution < -0.4 is 5.32 Å². The van der Waals surface area contributed by atoms with Crippen molar-refractivity contribution < 1.29 is 18.0 Å². The number of nitrogens with zero attached hydrogens (tertiary/aromatic N) is 1. The smallest absolute Gasteiger partial charge is 0.220 e. The topological polar surface area (TPSA) is 55.1 Å². The molecule has 0 aliphatic rings. The van der Waals surface area contributed by atoms with E-state index in [9.17, 15) is 13.6 Å². The predicted molar refractivity (Wildman–Crippen MR) is 93.3 cm³/mol. The van der Waals surface area contributed by atoms with E-state index in [1.54, 1.807) is 30.3 Å². The third-order valence-corrected chi connectivity index (χ3v) is 3.91. The van der Waals surface area contributed by atoms with Gasteiger partial charge in [0.2, 0.25) is 5.91 Å². The minimum absolute atomic E-state index is 0.127. The summed E-state index contributed by atoms with van der Waals surface area (Å²) in [5, 5.41) is 2.80. The quantitative estimate of drug-likeness (QED) is 0.698. The highest BCUT2D eigenvalue weighted by molar-refractivity contribution is 5.76. The summed E-state index contributed by atoms with van der Waals surface area (Å²) in [5.41, 5.74) is 1.30. The summed E-state index contributed by atoms with van der Waals surface area (Å²) in [5.74, 6) is -0.0586. The van der Waals surface area contributed by atoms with Crippen molar-refractivity contribution in [2.24, 2.45) is 0 Å². The normalized spacial score (nSPS) is 10.7. The third-order valence-electron chi connectivity index (χ3n) is 3.91. The summed E-state index contributed by atoms with van der Waals surface area (Å²) < 4.78 is 32.1. The molecule has 0 unspecified atom stereocenters. The molecule has 0 saturated carbocycles. The van der Waals surface area contributed by atoms with Gasteiger partial charge in [-0.2, -0.15) is 0 Å². The largest absolute Gasteiger partial charge is 0.441 e. The van der Waals surface area contributed by atoms with E-state index in [2.05, 4.69) is 10.3 Å². The maximum Gasteiger partial charge on any atom is 0.220 e. The fraction of sp³-hybridized carbons (Fsp3) is 0.200. The average Bonchev–Trinajstić information content (AvgIpc) is 3.11. The summed E-state index contributed by atoms with van der Waals surface area (Å²) in [6.45, 7) is 0.469. The Balaban J connectivity index is 1.45. The number of hydrogen-bond donors (Lipinski definition) is 1. The molecule has 0 aliphatic heterocycles. The molecule has 0 saturated heterocycles. The molecule has 1 aromatic heterocycles. The zero-order chi connectivity index (χ0) is 18.4. The summed E-state index contributed by atoms with van der Waals surface area (Å²) in [4.78, 5) is 16.0. The van der Waals surface area contributed by atoms with Crippen LogP contribution in [0.25, 0.3) is 11.3 Å². The zero-order valence-corrected chi connectivity index (χ0v) is 14.0. The van der Waals surface area contributed by atoms with E-state index in [4.69, 9.17) is 4.42 Å². The number of aryl methyl sites for hydroxylation is 1. The van der Waals surface area contributed by atoms with E-state index in [1.807, 2.05) is 0 Å². The number of carbonyl (C=O) groups is 1. The molecule has 4 nitrogen and oxygen atoms in total. The molecule has 0 atom stereocenters. The zero-order valence-electron chi connectivity index (χ0n) is 14.0. The SMILES string of the molecule is O=C(CCc1ncc(-c2ccccc2F)o1)NCCc1ccc(F)cc1. The van der Waals surface area contributed by atoms with E-state index in [0.717, 1.165) is 5.56 Å². The fourth-order valence-corrected chi connectivity index (χ4v) is 2.52. The molecule has 1 heterocycles. The molecule has 1 amide bonds. The van der Waals surface area contributed by atoms with Crippen LogP contribution in [0.1, 0.15) is 17.9 Å². The standard InChI is InChI=1S/C20H18F2N2O2/c21-15-7-5-14(6-8-15)11-12-23-19(25)9-10-20-24-13-18(26-20)16-3-1-2-4-17(16)22/h1-8,13H,9-12H2,(H,23,25). The van der Waals surface area contributed by atoms with Crippen LogP contribution in [-0.4, -0.2) is 17.4 Å². The Bertz CT molecular complexity index is 876. The monoisotopic (exact) mass is 356 g/mol. The molecule has 0 fully saturated rings. The lowest BCUT2D eigenvalue weighted by atomic mass is 10.1. The van der Waals surface area contributed by atoms with E-state index >= 15 is 0 Å². The highest BCUT2D eigenvalue weighted by atomic mass is 19.1. The summed E-state index contributed by atoms with van der Waals surface area (Å²) in [6.07, 6.45) is 2.64. The van der Waals surface area contributed by atoms with Gasteiger partial charge in [-0.1, -0.05) is 24.3 Å². The first-order valence-electron chi connectivity index (χ1n) is 8.32. The second kappa shape index (κ2) is 8.38. The van der Waals surface area contributed by atoms with Crippen molar-refractivity contribution >= 4 is 5.91 Å². The summed E-state index contributed by atoms with van der Waals surface area (Å²) in [6, 6.07) is 12.5. The van der Waals surface area contributed by atoms with Gasteiger partial charge in [0.05, 0.1) is 11.8 Å². The van der Waals surface area contributed by atoms with Crippen molar-refractivity contribution in [3.63, 3.8) is 0 Å². The molecule has 1 N–H and O–H groups in total. The number of aromatic nitrogens is 1. The highest BCUT2D eigenvalue weighted by Gasteiger charge is 2.11. The van der Waals surface area contributed by atoms with Gasteiger partial charge in [-0.25, -0.2) is 13.8 Å². The van der Waals surface area contributed by atoms with Gasteiger partial charge in [-0.3, -0.25) is 4.79 Å². The Morgan fingerprint density at radius 2 is 1.81 bits per heavy atom.